The number of hydrogen-bond donors (Lipinski definition) is 1. The standard InChI is InChI=1S/C16H21N3O2/c20-16(17-10-13-4-3-9-21-11-13)7-8-19-12-18-14-5-1-2-6-15(14)19/h1-2,5-6,12-13H,3-4,7-11H2,(H,17,20)/t13-/m1/s1. The van der Waals surface area contributed by atoms with E-state index >= 15 is 0 Å². The van der Waals surface area contributed by atoms with E-state index in [4.69, 9.17) is 4.74 Å². The first-order chi connectivity index (χ1) is 10.3. The lowest BCUT2D eigenvalue weighted by atomic mass is 10.0. The molecule has 0 bridgehead atoms. The molecule has 2 aromatic rings. The zero-order valence-electron chi connectivity index (χ0n) is 12.1. The van der Waals surface area contributed by atoms with Crippen LogP contribution in [0, 0.1) is 5.92 Å². The van der Waals surface area contributed by atoms with Gasteiger partial charge in [0.2, 0.25) is 5.91 Å². The highest BCUT2D eigenvalue weighted by atomic mass is 16.5. The Morgan fingerprint density at radius 1 is 1.43 bits per heavy atom. The molecule has 1 atom stereocenters. The third-order valence-corrected chi connectivity index (χ3v) is 3.95. The van der Waals surface area contributed by atoms with Crippen molar-refractivity contribution in [3.63, 3.8) is 0 Å². The van der Waals surface area contributed by atoms with Gasteiger partial charge in [0.1, 0.15) is 0 Å². The molecule has 21 heavy (non-hydrogen) atoms. The van der Waals surface area contributed by atoms with Crippen LogP contribution in [0.4, 0.5) is 0 Å². The van der Waals surface area contributed by atoms with Crippen molar-refractivity contribution in [1.29, 1.82) is 0 Å². The fourth-order valence-electron chi connectivity index (χ4n) is 2.73. The number of nitrogens with one attached hydrogen (secondary N) is 1. The number of imidazole rings is 1. The van der Waals surface area contributed by atoms with Gasteiger partial charge in [0.05, 0.1) is 24.0 Å². The van der Waals surface area contributed by atoms with Crippen LogP contribution in [0.1, 0.15) is 19.3 Å². The van der Waals surface area contributed by atoms with Gasteiger partial charge in [-0.3, -0.25) is 4.79 Å². The molecule has 5 heteroatoms. The molecule has 1 aromatic heterocycles. The van der Waals surface area contributed by atoms with Gasteiger partial charge < -0.3 is 14.6 Å². The molecule has 112 valence electrons. The average molecular weight is 287 g/mol. The van der Waals surface area contributed by atoms with Gasteiger partial charge in [-0.05, 0) is 30.9 Å². The molecule has 0 saturated carbocycles. The SMILES string of the molecule is O=C(CCn1cnc2ccccc21)NC[C@H]1CCCOC1. The number of aromatic nitrogens is 2. The van der Waals surface area contributed by atoms with Gasteiger partial charge in [-0.1, -0.05) is 12.1 Å². The Morgan fingerprint density at radius 3 is 3.19 bits per heavy atom. The van der Waals surface area contributed by atoms with E-state index in [1.807, 2.05) is 28.8 Å². The smallest absolute Gasteiger partial charge is 0.221 e. The van der Waals surface area contributed by atoms with Crippen LogP contribution in [0.5, 0.6) is 0 Å². The zero-order valence-corrected chi connectivity index (χ0v) is 12.1. The summed E-state index contributed by atoms with van der Waals surface area (Å²) in [5, 5.41) is 3.01. The summed E-state index contributed by atoms with van der Waals surface area (Å²) in [5.41, 5.74) is 2.04. The zero-order chi connectivity index (χ0) is 14.5. The summed E-state index contributed by atoms with van der Waals surface area (Å²) < 4.78 is 7.44. The second-order valence-electron chi connectivity index (χ2n) is 5.56. The Bertz CT molecular complexity index is 602. The minimum absolute atomic E-state index is 0.0957. The number of ether oxygens (including phenoxy) is 1. The van der Waals surface area contributed by atoms with E-state index in [9.17, 15) is 4.79 Å². The van der Waals surface area contributed by atoms with Crippen LogP contribution in [-0.4, -0.2) is 35.2 Å². The highest BCUT2D eigenvalue weighted by Gasteiger charge is 2.14. The fraction of sp³-hybridized carbons (Fsp3) is 0.500. The Balaban J connectivity index is 1.47. The number of aryl methyl sites for hydroxylation is 1. The van der Waals surface area contributed by atoms with Crippen LogP contribution in [0.3, 0.4) is 0 Å². The number of hydrogen-bond acceptors (Lipinski definition) is 3. The monoisotopic (exact) mass is 287 g/mol. The fourth-order valence-corrected chi connectivity index (χ4v) is 2.73. The van der Waals surface area contributed by atoms with Gasteiger partial charge in [0, 0.05) is 26.1 Å². The first-order valence-corrected chi connectivity index (χ1v) is 7.57. The van der Waals surface area contributed by atoms with Crippen molar-refractivity contribution in [3.05, 3.63) is 30.6 Å². The maximum absolute atomic E-state index is 11.9. The summed E-state index contributed by atoms with van der Waals surface area (Å²) in [7, 11) is 0. The quantitative estimate of drug-likeness (QED) is 0.914. The Labute approximate surface area is 124 Å². The number of fused-ring (bicyclic) bond motifs is 1. The number of rotatable bonds is 5. The summed E-state index contributed by atoms with van der Waals surface area (Å²) in [5.74, 6) is 0.565. The van der Waals surface area contributed by atoms with Crippen molar-refractivity contribution >= 4 is 16.9 Å². The van der Waals surface area contributed by atoms with Crippen LogP contribution < -0.4 is 5.32 Å². The molecule has 3 rings (SSSR count). The van der Waals surface area contributed by atoms with Crippen molar-refractivity contribution in [1.82, 2.24) is 14.9 Å². The molecule has 0 spiro atoms. The lowest BCUT2D eigenvalue weighted by molar-refractivity contribution is -0.121. The molecular formula is C16H21N3O2. The minimum Gasteiger partial charge on any atom is -0.381 e. The van der Waals surface area contributed by atoms with E-state index in [-0.39, 0.29) is 5.91 Å². The van der Waals surface area contributed by atoms with Crippen LogP contribution >= 0.6 is 0 Å². The molecule has 1 saturated heterocycles. The second-order valence-corrected chi connectivity index (χ2v) is 5.56. The summed E-state index contributed by atoms with van der Waals surface area (Å²) in [4.78, 5) is 16.3. The predicted molar refractivity (Wildman–Crippen MR) is 80.9 cm³/mol. The minimum atomic E-state index is 0.0957. The maximum atomic E-state index is 11.9. The molecule has 1 aromatic carbocycles. The Hall–Kier alpha value is -1.88. The number of benzene rings is 1. The number of nitrogens with zero attached hydrogens (tertiary/aromatic N) is 2. The van der Waals surface area contributed by atoms with Crippen molar-refractivity contribution < 1.29 is 9.53 Å². The van der Waals surface area contributed by atoms with E-state index in [1.54, 1.807) is 6.33 Å². The number of para-hydroxylation sites is 2. The Morgan fingerprint density at radius 2 is 2.33 bits per heavy atom. The van der Waals surface area contributed by atoms with Gasteiger partial charge in [-0.2, -0.15) is 0 Å². The van der Waals surface area contributed by atoms with Gasteiger partial charge in [0.25, 0.3) is 0 Å². The van der Waals surface area contributed by atoms with E-state index < -0.39 is 0 Å². The first-order valence-electron chi connectivity index (χ1n) is 7.57. The lowest BCUT2D eigenvalue weighted by Crippen LogP contribution is -2.33. The number of carbonyl (C=O) groups is 1. The third-order valence-electron chi connectivity index (χ3n) is 3.95. The van der Waals surface area contributed by atoms with Crippen LogP contribution in [0.25, 0.3) is 11.0 Å². The van der Waals surface area contributed by atoms with E-state index in [1.165, 1.54) is 0 Å². The predicted octanol–water partition coefficient (Wildman–Crippen LogP) is 1.97. The van der Waals surface area contributed by atoms with Crippen LogP contribution in [0.15, 0.2) is 30.6 Å². The molecule has 1 fully saturated rings. The normalized spacial score (nSPS) is 18.8. The highest BCUT2D eigenvalue weighted by Crippen LogP contribution is 2.13. The first kappa shape index (κ1) is 14.1. The maximum Gasteiger partial charge on any atom is 0.221 e. The summed E-state index contributed by atoms with van der Waals surface area (Å²) in [6.07, 6.45) is 4.52. The molecule has 1 amide bonds. The van der Waals surface area contributed by atoms with Crippen LogP contribution in [-0.2, 0) is 16.1 Å². The van der Waals surface area contributed by atoms with Gasteiger partial charge in [-0.15, -0.1) is 0 Å². The van der Waals surface area contributed by atoms with Crippen molar-refractivity contribution in [2.24, 2.45) is 5.92 Å². The molecule has 1 N–H and O–H groups in total. The van der Waals surface area contributed by atoms with E-state index in [2.05, 4.69) is 10.3 Å². The molecule has 5 nitrogen and oxygen atoms in total. The molecular weight excluding hydrogens is 266 g/mol. The number of carbonyl (C=O) groups excluding carboxylic acids is 1. The van der Waals surface area contributed by atoms with Crippen molar-refractivity contribution in [3.8, 4) is 0 Å². The molecule has 0 unspecified atom stereocenters. The number of amides is 1. The van der Waals surface area contributed by atoms with Gasteiger partial charge in [-0.25, -0.2) is 4.98 Å². The molecule has 0 radical (unpaired) electrons. The molecule has 2 heterocycles. The second kappa shape index (κ2) is 6.72. The average Bonchev–Trinajstić information content (AvgIpc) is 2.95. The van der Waals surface area contributed by atoms with E-state index in [0.717, 1.165) is 43.6 Å². The van der Waals surface area contributed by atoms with Gasteiger partial charge in [0.15, 0.2) is 0 Å². The summed E-state index contributed by atoms with van der Waals surface area (Å²) in [6, 6.07) is 7.97. The van der Waals surface area contributed by atoms with Crippen molar-refractivity contribution in [2.45, 2.75) is 25.8 Å². The largest absolute Gasteiger partial charge is 0.381 e. The molecule has 1 aliphatic rings. The van der Waals surface area contributed by atoms with E-state index in [0.29, 0.717) is 18.9 Å². The van der Waals surface area contributed by atoms with Gasteiger partial charge >= 0.3 is 0 Å². The Kier molecular flexibility index (Phi) is 4.50. The lowest BCUT2D eigenvalue weighted by Gasteiger charge is -2.22. The van der Waals surface area contributed by atoms with Crippen LogP contribution in [0.2, 0.25) is 0 Å². The highest BCUT2D eigenvalue weighted by molar-refractivity contribution is 5.77. The molecule has 1 aliphatic heterocycles. The topological polar surface area (TPSA) is 56.2 Å². The molecule has 0 aliphatic carbocycles. The van der Waals surface area contributed by atoms with Crippen molar-refractivity contribution in [2.75, 3.05) is 19.8 Å². The third kappa shape index (κ3) is 3.61. The summed E-state index contributed by atoms with van der Waals surface area (Å²) in [6.45, 7) is 3.02. The summed E-state index contributed by atoms with van der Waals surface area (Å²) >= 11 is 0.